The molecule has 0 saturated carbocycles. The first kappa shape index (κ1) is 13.3. The molecule has 2 fully saturated rings. The minimum atomic E-state index is -3.07. The molecule has 2 unspecified atom stereocenters. The minimum absolute atomic E-state index is 0.165. The maximum absolute atomic E-state index is 12.2. The Morgan fingerprint density at radius 1 is 1.35 bits per heavy atom. The van der Waals surface area contributed by atoms with Gasteiger partial charge in [0.15, 0.2) is 0 Å². The summed E-state index contributed by atoms with van der Waals surface area (Å²) in [5.41, 5.74) is 0. The lowest BCUT2D eigenvalue weighted by Crippen LogP contribution is -2.40. The predicted octanol–water partition coefficient (Wildman–Crippen LogP) is -0.296. The van der Waals surface area contributed by atoms with E-state index in [1.807, 2.05) is 14.1 Å². The van der Waals surface area contributed by atoms with Gasteiger partial charge < -0.3 is 10.2 Å². The molecule has 0 spiro atoms. The van der Waals surface area contributed by atoms with Crippen LogP contribution in [-0.4, -0.2) is 69.2 Å². The average molecular weight is 261 g/mol. The molecule has 1 N–H and O–H groups in total. The van der Waals surface area contributed by atoms with Gasteiger partial charge in [-0.1, -0.05) is 0 Å². The summed E-state index contributed by atoms with van der Waals surface area (Å²) in [6.45, 7) is 2.29. The summed E-state index contributed by atoms with van der Waals surface area (Å²) in [6, 6.07) is 0.541. The van der Waals surface area contributed by atoms with Crippen molar-refractivity contribution < 1.29 is 8.42 Å². The molecule has 0 radical (unpaired) electrons. The van der Waals surface area contributed by atoms with Crippen LogP contribution < -0.4 is 5.32 Å². The molecule has 100 valence electrons. The van der Waals surface area contributed by atoms with Crippen LogP contribution >= 0.6 is 0 Å². The van der Waals surface area contributed by atoms with Crippen LogP contribution in [0.5, 0.6) is 0 Å². The zero-order valence-corrected chi connectivity index (χ0v) is 11.5. The predicted molar refractivity (Wildman–Crippen MR) is 68.5 cm³/mol. The lowest BCUT2D eigenvalue weighted by Gasteiger charge is -2.21. The van der Waals surface area contributed by atoms with Crippen LogP contribution in [0, 0.1) is 0 Å². The van der Waals surface area contributed by atoms with E-state index >= 15 is 0 Å². The average Bonchev–Trinajstić information content (AvgIpc) is 2.84. The topological polar surface area (TPSA) is 52.7 Å². The van der Waals surface area contributed by atoms with Crippen LogP contribution in [0.15, 0.2) is 0 Å². The van der Waals surface area contributed by atoms with Crippen LogP contribution in [0.1, 0.15) is 19.3 Å². The standard InChI is InChI=1S/C11H23N3O2S/c1-13(2)11-5-7-14(8-11)17(15,16)9-10-4-3-6-12-10/h10-12H,3-9H2,1-2H3. The third-order valence-electron chi connectivity index (χ3n) is 3.82. The molecule has 0 aliphatic carbocycles. The van der Waals surface area contributed by atoms with E-state index in [1.54, 1.807) is 4.31 Å². The summed E-state index contributed by atoms with van der Waals surface area (Å²) in [7, 11) is 0.961. The molecule has 5 nitrogen and oxygen atoms in total. The number of nitrogens with one attached hydrogen (secondary N) is 1. The normalized spacial score (nSPS) is 31.5. The van der Waals surface area contributed by atoms with Crippen molar-refractivity contribution in [3.05, 3.63) is 0 Å². The van der Waals surface area contributed by atoms with Crippen molar-refractivity contribution in [3.8, 4) is 0 Å². The maximum atomic E-state index is 12.2. The van der Waals surface area contributed by atoms with Crippen molar-refractivity contribution in [1.82, 2.24) is 14.5 Å². The second-order valence-corrected chi connectivity index (χ2v) is 7.35. The Morgan fingerprint density at radius 3 is 2.65 bits per heavy atom. The van der Waals surface area contributed by atoms with Crippen molar-refractivity contribution in [2.24, 2.45) is 0 Å². The Bertz CT molecular complexity index is 350. The molecule has 0 aromatic heterocycles. The second kappa shape index (κ2) is 5.22. The molecule has 2 aliphatic heterocycles. The van der Waals surface area contributed by atoms with Crippen LogP contribution in [0.2, 0.25) is 0 Å². The summed E-state index contributed by atoms with van der Waals surface area (Å²) in [5, 5.41) is 3.25. The molecule has 2 rings (SSSR count). The van der Waals surface area contributed by atoms with E-state index < -0.39 is 10.0 Å². The van der Waals surface area contributed by atoms with Gasteiger partial charge in [0.05, 0.1) is 5.75 Å². The van der Waals surface area contributed by atoms with Crippen molar-refractivity contribution in [1.29, 1.82) is 0 Å². The van der Waals surface area contributed by atoms with Crippen molar-refractivity contribution in [2.75, 3.05) is 39.5 Å². The van der Waals surface area contributed by atoms with Crippen LogP contribution in [0.25, 0.3) is 0 Å². The Kier molecular flexibility index (Phi) is 4.07. The fourth-order valence-corrected chi connectivity index (χ4v) is 4.43. The molecular weight excluding hydrogens is 238 g/mol. The molecule has 0 amide bonds. The number of likely N-dealkylation sites (N-methyl/N-ethyl adjacent to an activating group) is 1. The smallest absolute Gasteiger partial charge is 0.215 e. The largest absolute Gasteiger partial charge is 0.313 e. The lowest BCUT2D eigenvalue weighted by atomic mass is 10.2. The second-order valence-electron chi connectivity index (χ2n) is 5.34. The van der Waals surface area contributed by atoms with Crippen molar-refractivity contribution in [3.63, 3.8) is 0 Å². The highest BCUT2D eigenvalue weighted by molar-refractivity contribution is 7.89. The maximum Gasteiger partial charge on any atom is 0.215 e. The van der Waals surface area contributed by atoms with E-state index in [1.165, 1.54) is 0 Å². The van der Waals surface area contributed by atoms with Crippen molar-refractivity contribution in [2.45, 2.75) is 31.3 Å². The SMILES string of the molecule is CN(C)C1CCN(S(=O)(=O)CC2CCCN2)C1. The Morgan fingerprint density at radius 2 is 2.12 bits per heavy atom. The first-order valence-corrected chi connectivity index (χ1v) is 7.97. The van der Waals surface area contributed by atoms with Gasteiger partial charge in [-0.3, -0.25) is 0 Å². The fourth-order valence-electron chi connectivity index (χ4n) is 2.64. The number of hydrogen-bond donors (Lipinski definition) is 1. The van der Waals surface area contributed by atoms with Crippen LogP contribution in [0.3, 0.4) is 0 Å². The highest BCUT2D eigenvalue weighted by Crippen LogP contribution is 2.19. The highest BCUT2D eigenvalue weighted by atomic mass is 32.2. The molecular formula is C11H23N3O2S. The molecule has 2 saturated heterocycles. The summed E-state index contributed by atoms with van der Waals surface area (Å²) in [6.07, 6.45) is 3.04. The summed E-state index contributed by atoms with van der Waals surface area (Å²) >= 11 is 0. The number of sulfonamides is 1. The molecule has 6 heteroatoms. The van der Waals surface area contributed by atoms with Gasteiger partial charge in [-0.2, -0.15) is 0 Å². The van der Waals surface area contributed by atoms with Crippen LogP contribution in [0.4, 0.5) is 0 Å². The van der Waals surface area contributed by atoms with E-state index in [2.05, 4.69) is 10.2 Å². The van der Waals surface area contributed by atoms with E-state index in [0.717, 1.165) is 25.8 Å². The van der Waals surface area contributed by atoms with E-state index in [0.29, 0.717) is 19.1 Å². The Labute approximate surface area is 104 Å². The molecule has 2 aliphatic rings. The van der Waals surface area contributed by atoms with Gasteiger partial charge >= 0.3 is 0 Å². The van der Waals surface area contributed by atoms with Gasteiger partial charge in [0.2, 0.25) is 10.0 Å². The van der Waals surface area contributed by atoms with Gasteiger partial charge in [0.25, 0.3) is 0 Å². The summed E-state index contributed by atoms with van der Waals surface area (Å²) in [5.74, 6) is 0.271. The quantitative estimate of drug-likeness (QED) is 0.755. The first-order chi connectivity index (χ1) is 7.99. The molecule has 2 heterocycles. The van der Waals surface area contributed by atoms with Crippen molar-refractivity contribution >= 4 is 10.0 Å². The van der Waals surface area contributed by atoms with Crippen LogP contribution in [-0.2, 0) is 10.0 Å². The third kappa shape index (κ3) is 3.19. The summed E-state index contributed by atoms with van der Waals surface area (Å²) < 4.78 is 26.1. The third-order valence-corrected chi connectivity index (χ3v) is 5.77. The number of rotatable bonds is 4. The molecule has 2 atom stereocenters. The monoisotopic (exact) mass is 261 g/mol. The van der Waals surface area contributed by atoms with E-state index in [9.17, 15) is 8.42 Å². The number of hydrogen-bond acceptors (Lipinski definition) is 4. The molecule has 0 bridgehead atoms. The Balaban J connectivity index is 1.92. The lowest BCUT2D eigenvalue weighted by molar-refractivity contribution is 0.302. The van der Waals surface area contributed by atoms with E-state index in [4.69, 9.17) is 0 Å². The van der Waals surface area contributed by atoms with Gasteiger partial charge in [0.1, 0.15) is 0 Å². The Hall–Kier alpha value is -0.170. The fraction of sp³-hybridized carbons (Fsp3) is 1.00. The van der Waals surface area contributed by atoms with E-state index in [-0.39, 0.29) is 11.8 Å². The van der Waals surface area contributed by atoms with Gasteiger partial charge in [-0.15, -0.1) is 0 Å². The zero-order chi connectivity index (χ0) is 12.5. The first-order valence-electron chi connectivity index (χ1n) is 6.36. The molecule has 0 aromatic rings. The molecule has 17 heavy (non-hydrogen) atoms. The van der Waals surface area contributed by atoms with Gasteiger partial charge in [-0.05, 0) is 39.9 Å². The minimum Gasteiger partial charge on any atom is -0.313 e. The van der Waals surface area contributed by atoms with Gasteiger partial charge in [-0.25, -0.2) is 12.7 Å². The zero-order valence-electron chi connectivity index (χ0n) is 10.7. The number of nitrogens with zero attached hydrogens (tertiary/aromatic N) is 2. The van der Waals surface area contributed by atoms with Gasteiger partial charge in [0, 0.05) is 25.2 Å². The summed E-state index contributed by atoms with van der Waals surface area (Å²) in [4.78, 5) is 2.11. The highest BCUT2D eigenvalue weighted by Gasteiger charge is 2.34. The molecule has 0 aromatic carbocycles.